The quantitative estimate of drug-likeness (QED) is 0.764. The number of hydrogen-bond acceptors (Lipinski definition) is 3. The van der Waals surface area contributed by atoms with Gasteiger partial charge in [0.1, 0.15) is 0 Å². The summed E-state index contributed by atoms with van der Waals surface area (Å²) < 4.78 is 6.70. The largest absolute Gasteiger partial charge is 0.377 e. The lowest BCUT2D eigenvalue weighted by Gasteiger charge is -2.33. The van der Waals surface area contributed by atoms with Gasteiger partial charge in [0.05, 0.1) is 5.60 Å². The molecule has 4 heteroatoms. The van der Waals surface area contributed by atoms with Gasteiger partial charge >= 0.3 is 0 Å². The van der Waals surface area contributed by atoms with E-state index in [1.165, 1.54) is 4.90 Å². The number of ether oxygens (including phenoxy) is 1. The fraction of sp³-hybridized carbons (Fsp3) is 0.571. The molecule has 1 N–H and O–H groups in total. The number of methoxy groups -OCH3 is 1. The van der Waals surface area contributed by atoms with Gasteiger partial charge in [-0.15, -0.1) is 11.8 Å². The van der Waals surface area contributed by atoms with Crippen molar-refractivity contribution in [1.82, 2.24) is 5.32 Å². The van der Waals surface area contributed by atoms with Crippen LogP contribution in [0.2, 0.25) is 0 Å². The van der Waals surface area contributed by atoms with Gasteiger partial charge in [-0.1, -0.05) is 28.9 Å². The molecular weight excluding hydrogens is 310 g/mol. The van der Waals surface area contributed by atoms with Crippen molar-refractivity contribution in [2.24, 2.45) is 0 Å². The Balaban J connectivity index is 2.62. The van der Waals surface area contributed by atoms with Crippen molar-refractivity contribution in [3.63, 3.8) is 0 Å². The second-order valence-corrected chi connectivity index (χ2v) is 6.70. The van der Waals surface area contributed by atoms with Crippen molar-refractivity contribution in [3.05, 3.63) is 28.7 Å². The van der Waals surface area contributed by atoms with Crippen LogP contribution in [0.4, 0.5) is 0 Å². The van der Waals surface area contributed by atoms with Crippen molar-refractivity contribution in [2.75, 3.05) is 19.4 Å². The SMILES string of the molecule is CCNC(CSc1cccc(Br)c1)C(C)(C)OC. The molecule has 0 saturated heterocycles. The average molecular weight is 332 g/mol. The van der Waals surface area contributed by atoms with E-state index in [1.54, 1.807) is 7.11 Å². The molecule has 0 aliphatic heterocycles. The zero-order valence-corrected chi connectivity index (χ0v) is 13.9. The molecule has 0 aliphatic rings. The number of likely N-dealkylation sites (N-methyl/N-ethyl adjacent to an activating group) is 1. The number of benzene rings is 1. The van der Waals surface area contributed by atoms with Gasteiger partial charge in [0.2, 0.25) is 0 Å². The van der Waals surface area contributed by atoms with Crippen molar-refractivity contribution in [2.45, 2.75) is 37.3 Å². The molecule has 0 aliphatic carbocycles. The molecule has 1 aromatic rings. The first-order valence-electron chi connectivity index (χ1n) is 6.16. The Bertz CT molecular complexity index is 371. The predicted octanol–water partition coefficient (Wildman–Crippen LogP) is 3.94. The third-order valence-corrected chi connectivity index (χ3v) is 4.61. The van der Waals surface area contributed by atoms with E-state index >= 15 is 0 Å². The molecular formula is C14H22BrNOS. The van der Waals surface area contributed by atoms with Gasteiger partial charge in [-0.05, 0) is 38.6 Å². The molecule has 0 fully saturated rings. The molecule has 2 nitrogen and oxygen atoms in total. The molecule has 18 heavy (non-hydrogen) atoms. The lowest BCUT2D eigenvalue weighted by molar-refractivity contribution is -0.00309. The minimum atomic E-state index is -0.158. The molecule has 0 bridgehead atoms. The normalized spacial score (nSPS) is 13.6. The molecule has 0 aromatic heterocycles. The number of halogens is 1. The Hall–Kier alpha value is -0.0300. The van der Waals surface area contributed by atoms with Gasteiger partial charge in [-0.2, -0.15) is 0 Å². The summed E-state index contributed by atoms with van der Waals surface area (Å²) in [6, 6.07) is 8.73. The summed E-state index contributed by atoms with van der Waals surface area (Å²) in [6.07, 6.45) is 0. The zero-order valence-electron chi connectivity index (χ0n) is 11.5. The summed E-state index contributed by atoms with van der Waals surface area (Å²) in [4.78, 5) is 1.28. The van der Waals surface area contributed by atoms with Crippen molar-refractivity contribution in [1.29, 1.82) is 0 Å². The van der Waals surface area contributed by atoms with Gasteiger partial charge in [0, 0.05) is 28.3 Å². The van der Waals surface area contributed by atoms with E-state index in [-0.39, 0.29) is 5.60 Å². The van der Waals surface area contributed by atoms with Crippen LogP contribution in [-0.4, -0.2) is 31.1 Å². The number of rotatable bonds is 7. The van der Waals surface area contributed by atoms with Crippen LogP contribution in [0, 0.1) is 0 Å². The van der Waals surface area contributed by atoms with Gasteiger partial charge in [-0.25, -0.2) is 0 Å². The van der Waals surface area contributed by atoms with Crippen LogP contribution >= 0.6 is 27.7 Å². The molecule has 102 valence electrons. The molecule has 0 heterocycles. The van der Waals surface area contributed by atoms with E-state index < -0.39 is 0 Å². The maximum Gasteiger partial charge on any atom is 0.0783 e. The average Bonchev–Trinajstić information content (AvgIpc) is 2.34. The minimum absolute atomic E-state index is 0.158. The Morgan fingerprint density at radius 3 is 2.72 bits per heavy atom. The maximum atomic E-state index is 5.58. The summed E-state index contributed by atoms with van der Waals surface area (Å²) in [5.74, 6) is 0.991. The van der Waals surface area contributed by atoms with Gasteiger partial charge in [0.25, 0.3) is 0 Å². The van der Waals surface area contributed by atoms with Crippen LogP contribution in [0.25, 0.3) is 0 Å². The van der Waals surface area contributed by atoms with Crippen LogP contribution in [0.15, 0.2) is 33.6 Å². The number of hydrogen-bond donors (Lipinski definition) is 1. The van der Waals surface area contributed by atoms with E-state index in [9.17, 15) is 0 Å². The Morgan fingerprint density at radius 2 is 2.17 bits per heavy atom. The highest BCUT2D eigenvalue weighted by Gasteiger charge is 2.28. The predicted molar refractivity (Wildman–Crippen MR) is 83.4 cm³/mol. The zero-order chi connectivity index (χ0) is 13.6. The van der Waals surface area contributed by atoms with E-state index in [0.29, 0.717) is 6.04 Å². The fourth-order valence-electron chi connectivity index (χ4n) is 1.63. The fourth-order valence-corrected chi connectivity index (χ4v) is 3.44. The van der Waals surface area contributed by atoms with E-state index in [0.717, 1.165) is 16.8 Å². The van der Waals surface area contributed by atoms with Crippen LogP contribution < -0.4 is 5.32 Å². The van der Waals surface area contributed by atoms with E-state index in [4.69, 9.17) is 4.74 Å². The molecule has 0 spiro atoms. The molecule has 1 aromatic carbocycles. The first kappa shape index (κ1) is 16.0. The molecule has 1 unspecified atom stereocenters. The van der Waals surface area contributed by atoms with Crippen molar-refractivity contribution >= 4 is 27.7 Å². The summed E-state index contributed by atoms with van der Waals surface area (Å²) in [5, 5.41) is 3.50. The maximum absolute atomic E-state index is 5.58. The summed E-state index contributed by atoms with van der Waals surface area (Å²) in [7, 11) is 1.77. The Kier molecular flexibility index (Phi) is 6.71. The minimum Gasteiger partial charge on any atom is -0.377 e. The lowest BCUT2D eigenvalue weighted by Crippen LogP contribution is -2.49. The number of thioether (sulfide) groups is 1. The van der Waals surface area contributed by atoms with Crippen molar-refractivity contribution in [3.8, 4) is 0 Å². The Morgan fingerprint density at radius 1 is 1.44 bits per heavy atom. The topological polar surface area (TPSA) is 21.3 Å². The van der Waals surface area contributed by atoms with Gasteiger partial charge in [-0.3, -0.25) is 0 Å². The van der Waals surface area contributed by atoms with Crippen LogP contribution in [0.5, 0.6) is 0 Å². The third-order valence-electron chi connectivity index (χ3n) is 3.03. The molecule has 0 radical (unpaired) electrons. The summed E-state index contributed by atoms with van der Waals surface area (Å²) >= 11 is 5.35. The van der Waals surface area contributed by atoms with Crippen LogP contribution in [-0.2, 0) is 4.74 Å². The molecule has 1 rings (SSSR count). The highest BCUT2D eigenvalue weighted by Crippen LogP contribution is 2.25. The van der Waals surface area contributed by atoms with Gasteiger partial charge < -0.3 is 10.1 Å². The second kappa shape index (κ2) is 7.53. The highest BCUT2D eigenvalue weighted by molar-refractivity contribution is 9.10. The van der Waals surface area contributed by atoms with Gasteiger partial charge in [0.15, 0.2) is 0 Å². The Labute approximate surface area is 123 Å². The lowest BCUT2D eigenvalue weighted by atomic mass is 10.0. The van der Waals surface area contributed by atoms with Crippen LogP contribution in [0.3, 0.4) is 0 Å². The second-order valence-electron chi connectivity index (χ2n) is 4.69. The monoisotopic (exact) mass is 331 g/mol. The summed E-state index contributed by atoms with van der Waals surface area (Å²) in [6.45, 7) is 7.34. The molecule has 0 saturated carbocycles. The molecule has 0 amide bonds. The smallest absolute Gasteiger partial charge is 0.0783 e. The van der Waals surface area contributed by atoms with E-state index in [2.05, 4.69) is 60.2 Å². The van der Waals surface area contributed by atoms with E-state index in [1.807, 2.05) is 17.8 Å². The number of nitrogens with one attached hydrogen (secondary N) is 1. The third kappa shape index (κ3) is 4.92. The highest BCUT2D eigenvalue weighted by atomic mass is 79.9. The first-order chi connectivity index (χ1) is 8.49. The summed E-state index contributed by atoms with van der Waals surface area (Å²) in [5.41, 5.74) is -0.158. The standard InChI is InChI=1S/C14H22BrNOS/c1-5-16-13(14(2,3)17-4)10-18-12-8-6-7-11(15)9-12/h6-9,13,16H,5,10H2,1-4H3. The van der Waals surface area contributed by atoms with Crippen LogP contribution in [0.1, 0.15) is 20.8 Å². The first-order valence-corrected chi connectivity index (χ1v) is 7.94. The van der Waals surface area contributed by atoms with Crippen molar-refractivity contribution < 1.29 is 4.74 Å². The molecule has 1 atom stereocenters.